The van der Waals surface area contributed by atoms with Crippen molar-refractivity contribution in [2.24, 2.45) is 0 Å². The fourth-order valence-corrected chi connectivity index (χ4v) is 5.21. The van der Waals surface area contributed by atoms with Gasteiger partial charge < -0.3 is 14.4 Å². The average molecular weight is 678 g/mol. The number of pyridine rings is 3. The van der Waals surface area contributed by atoms with Gasteiger partial charge in [-0.2, -0.15) is 0 Å². The zero-order valence-electron chi connectivity index (χ0n) is 21.4. The van der Waals surface area contributed by atoms with Crippen molar-refractivity contribution in [1.82, 2.24) is 15.0 Å². The van der Waals surface area contributed by atoms with Gasteiger partial charge in [-0.1, -0.05) is 43.9 Å². The van der Waals surface area contributed by atoms with Crippen molar-refractivity contribution >= 4 is 21.9 Å². The van der Waals surface area contributed by atoms with Crippen LogP contribution in [0.25, 0.3) is 44.5 Å². The zero-order chi connectivity index (χ0) is 25.7. The molecular formula is C32H24FIrN3O-2. The Morgan fingerprint density at radius 1 is 0.947 bits per heavy atom. The van der Waals surface area contributed by atoms with Crippen molar-refractivity contribution < 1.29 is 28.9 Å². The Kier molecular flexibility index (Phi) is 6.72. The Morgan fingerprint density at radius 2 is 1.79 bits per heavy atom. The SMILES string of the molecule is Cc1c[c-]c2c(c1)C(C)(C)c1c(F)ccnc1-2.Cc1cncc2oc3c(-c4ccccn4)[c-]ccc3c12.[Ir]. The second-order valence-electron chi connectivity index (χ2n) is 9.85. The molecule has 2 aromatic carbocycles. The summed E-state index contributed by atoms with van der Waals surface area (Å²) in [6.07, 6.45) is 6.91. The van der Waals surface area contributed by atoms with E-state index < -0.39 is 0 Å². The standard InChI is InChI=1S/C17H11N2O.C15H13FN.Ir/c1-11-9-18-10-15-16(11)13-6-4-5-12(17(13)20-15)14-7-2-3-8-19-14;1-9-4-5-10-11(8-9)15(2,3)13-12(16)6-7-17-14(10)13;/h2-4,6-10H,1H3;4,6-8H,1-3H3;/q2*-1;. The molecule has 0 saturated heterocycles. The van der Waals surface area contributed by atoms with E-state index in [0.717, 1.165) is 61.1 Å². The summed E-state index contributed by atoms with van der Waals surface area (Å²) in [7, 11) is 0. The fraction of sp³-hybridized carbons (Fsp3) is 0.156. The number of halogens is 1. The Balaban J connectivity index is 0.000000153. The summed E-state index contributed by atoms with van der Waals surface area (Å²) in [6.45, 7) is 8.15. The van der Waals surface area contributed by atoms with E-state index in [9.17, 15) is 4.39 Å². The van der Waals surface area contributed by atoms with Crippen LogP contribution in [0.4, 0.5) is 4.39 Å². The average Bonchev–Trinajstić information content (AvgIpc) is 3.39. The van der Waals surface area contributed by atoms with Gasteiger partial charge in [-0.3, -0.25) is 4.98 Å². The number of fused-ring (bicyclic) bond motifs is 6. The molecular weight excluding hydrogens is 654 g/mol. The third-order valence-electron chi connectivity index (χ3n) is 6.97. The largest absolute Gasteiger partial charge is 0.499 e. The molecule has 6 aromatic rings. The Morgan fingerprint density at radius 3 is 2.58 bits per heavy atom. The maximum atomic E-state index is 14.0. The van der Waals surface area contributed by atoms with Crippen molar-refractivity contribution in [3.8, 4) is 22.5 Å². The normalized spacial score (nSPS) is 12.9. The summed E-state index contributed by atoms with van der Waals surface area (Å²) in [5, 5.41) is 2.19. The van der Waals surface area contributed by atoms with Crippen molar-refractivity contribution in [2.45, 2.75) is 33.1 Å². The molecule has 1 aliphatic carbocycles. The molecule has 4 aromatic heterocycles. The molecule has 4 nitrogen and oxygen atoms in total. The first-order valence-corrected chi connectivity index (χ1v) is 12.1. The third kappa shape index (κ3) is 4.14. The Hall–Kier alpha value is -3.73. The molecule has 0 aliphatic heterocycles. The smallest absolute Gasteiger partial charge is 0.139 e. The summed E-state index contributed by atoms with van der Waals surface area (Å²) in [4.78, 5) is 12.9. The summed E-state index contributed by atoms with van der Waals surface area (Å²) in [5.74, 6) is -0.178. The molecule has 0 amide bonds. The van der Waals surface area contributed by atoms with Gasteiger partial charge in [0.1, 0.15) is 11.4 Å². The number of hydrogen-bond donors (Lipinski definition) is 0. The van der Waals surface area contributed by atoms with Crippen molar-refractivity contribution in [3.05, 3.63) is 114 Å². The molecule has 0 fully saturated rings. The van der Waals surface area contributed by atoms with E-state index in [1.165, 1.54) is 12.3 Å². The van der Waals surface area contributed by atoms with E-state index in [2.05, 4.69) is 33.2 Å². The molecule has 0 saturated carbocycles. The van der Waals surface area contributed by atoms with E-state index in [1.54, 1.807) is 12.4 Å². The van der Waals surface area contributed by atoms with E-state index >= 15 is 0 Å². The van der Waals surface area contributed by atoms with Crippen LogP contribution in [-0.4, -0.2) is 15.0 Å². The summed E-state index contributed by atoms with van der Waals surface area (Å²) in [6, 6.07) is 21.7. The quantitative estimate of drug-likeness (QED) is 0.167. The van der Waals surface area contributed by atoms with E-state index in [1.807, 2.05) is 70.3 Å². The van der Waals surface area contributed by atoms with Gasteiger partial charge in [-0.05, 0) is 47.0 Å². The maximum absolute atomic E-state index is 14.0. The maximum Gasteiger partial charge on any atom is 0.139 e. The van der Waals surface area contributed by atoms with Gasteiger partial charge in [0.15, 0.2) is 0 Å². The van der Waals surface area contributed by atoms with Crippen LogP contribution in [0.5, 0.6) is 0 Å². The third-order valence-corrected chi connectivity index (χ3v) is 6.97. The first kappa shape index (κ1) is 25.9. The Bertz CT molecular complexity index is 1790. The van der Waals surface area contributed by atoms with Gasteiger partial charge in [-0.25, -0.2) is 4.39 Å². The molecule has 7 rings (SSSR count). The predicted molar refractivity (Wildman–Crippen MR) is 144 cm³/mol. The van der Waals surface area contributed by atoms with Crippen LogP contribution >= 0.6 is 0 Å². The first-order chi connectivity index (χ1) is 17.9. The van der Waals surface area contributed by atoms with Crippen LogP contribution in [0.15, 0.2) is 77.7 Å². The van der Waals surface area contributed by atoms with Crippen LogP contribution in [0.3, 0.4) is 0 Å². The topological polar surface area (TPSA) is 51.8 Å². The molecule has 1 radical (unpaired) electrons. The van der Waals surface area contributed by atoms with Crippen LogP contribution < -0.4 is 0 Å². The minimum atomic E-state index is -0.328. The van der Waals surface area contributed by atoms with Gasteiger partial charge in [0.2, 0.25) is 0 Å². The molecule has 0 atom stereocenters. The molecule has 0 bridgehead atoms. The van der Waals surface area contributed by atoms with Crippen LogP contribution in [0.1, 0.15) is 36.1 Å². The van der Waals surface area contributed by atoms with E-state index in [0.29, 0.717) is 5.56 Å². The number of aromatic nitrogens is 3. The Labute approximate surface area is 234 Å². The second-order valence-corrected chi connectivity index (χ2v) is 9.85. The summed E-state index contributed by atoms with van der Waals surface area (Å²) in [5.41, 5.74) is 8.79. The molecule has 6 heteroatoms. The number of benzene rings is 2. The van der Waals surface area contributed by atoms with E-state index in [-0.39, 0.29) is 31.3 Å². The van der Waals surface area contributed by atoms with E-state index in [4.69, 9.17) is 4.42 Å². The predicted octanol–water partition coefficient (Wildman–Crippen LogP) is 7.78. The molecule has 191 valence electrons. The van der Waals surface area contributed by atoms with Gasteiger partial charge in [0.25, 0.3) is 0 Å². The van der Waals surface area contributed by atoms with Crippen LogP contribution in [0.2, 0.25) is 0 Å². The first-order valence-electron chi connectivity index (χ1n) is 12.1. The van der Waals surface area contributed by atoms with Gasteiger partial charge in [0, 0.05) is 44.1 Å². The minimum absolute atomic E-state index is 0. The van der Waals surface area contributed by atoms with Crippen molar-refractivity contribution in [3.63, 3.8) is 0 Å². The number of aryl methyl sites for hydroxylation is 2. The molecule has 0 N–H and O–H groups in total. The fourth-order valence-electron chi connectivity index (χ4n) is 5.21. The van der Waals surface area contributed by atoms with Crippen molar-refractivity contribution in [1.29, 1.82) is 0 Å². The van der Waals surface area contributed by atoms with Crippen LogP contribution in [0, 0.1) is 31.8 Å². The van der Waals surface area contributed by atoms with Gasteiger partial charge in [-0.15, -0.1) is 53.1 Å². The zero-order valence-corrected chi connectivity index (χ0v) is 23.8. The molecule has 38 heavy (non-hydrogen) atoms. The van der Waals surface area contributed by atoms with Crippen LogP contribution in [-0.2, 0) is 25.5 Å². The second kappa shape index (κ2) is 9.86. The van der Waals surface area contributed by atoms with Gasteiger partial charge >= 0.3 is 0 Å². The number of furan rings is 1. The van der Waals surface area contributed by atoms with Gasteiger partial charge in [0.05, 0.1) is 11.8 Å². The monoisotopic (exact) mass is 678 g/mol. The summed E-state index contributed by atoms with van der Waals surface area (Å²) >= 11 is 0. The molecule has 0 unspecified atom stereocenters. The summed E-state index contributed by atoms with van der Waals surface area (Å²) < 4.78 is 20.0. The number of nitrogens with zero attached hydrogens (tertiary/aromatic N) is 3. The minimum Gasteiger partial charge on any atom is -0.499 e. The molecule has 0 spiro atoms. The van der Waals surface area contributed by atoms with Crippen molar-refractivity contribution in [2.75, 3.05) is 0 Å². The molecule has 1 aliphatic rings. The number of rotatable bonds is 1. The number of hydrogen-bond acceptors (Lipinski definition) is 4. The molecule has 4 heterocycles.